The van der Waals surface area contributed by atoms with Gasteiger partial charge in [0.2, 0.25) is 0 Å². The minimum absolute atomic E-state index is 0.375. The second-order valence-electron chi connectivity index (χ2n) is 4.28. The van der Waals surface area contributed by atoms with Gasteiger partial charge in [-0.2, -0.15) is 0 Å². The Balaban J connectivity index is 1.74. The van der Waals surface area contributed by atoms with Gasteiger partial charge in [-0.15, -0.1) is 0 Å². The third-order valence-corrected chi connectivity index (χ3v) is 2.89. The zero-order valence-electron chi connectivity index (χ0n) is 10.4. The van der Waals surface area contributed by atoms with Gasteiger partial charge in [0.05, 0.1) is 18.0 Å². The fourth-order valence-corrected chi connectivity index (χ4v) is 1.89. The number of furan rings is 1. The highest BCUT2D eigenvalue weighted by molar-refractivity contribution is 5.79. The molecule has 0 radical (unpaired) electrons. The van der Waals surface area contributed by atoms with Gasteiger partial charge >= 0.3 is 0 Å². The fraction of sp³-hybridized carbons (Fsp3) is 0.133. The molecule has 1 aromatic carbocycles. The number of nitrogens with two attached hydrogens (primary N) is 1. The quantitative estimate of drug-likeness (QED) is 0.777. The molecule has 3 aromatic rings. The molecular weight excluding hydrogens is 240 g/mol. The third kappa shape index (κ3) is 2.58. The van der Waals surface area contributed by atoms with Crippen LogP contribution < -0.4 is 10.5 Å². The molecule has 0 aliphatic carbocycles. The van der Waals surface area contributed by atoms with E-state index < -0.39 is 0 Å². The molecular formula is C15H14N2O2. The molecule has 0 atom stereocenters. The Labute approximate surface area is 110 Å². The van der Waals surface area contributed by atoms with Crippen LogP contribution in [0.15, 0.2) is 53.3 Å². The Morgan fingerprint density at radius 2 is 2.11 bits per heavy atom. The fourth-order valence-electron chi connectivity index (χ4n) is 1.89. The van der Waals surface area contributed by atoms with Crippen LogP contribution in [0, 0.1) is 0 Å². The van der Waals surface area contributed by atoms with Crippen molar-refractivity contribution in [2.45, 2.75) is 13.2 Å². The lowest BCUT2D eigenvalue weighted by atomic mass is 10.2. The Bertz CT molecular complexity index is 691. The number of ether oxygens (including phenoxy) is 1. The molecule has 3 rings (SSSR count). The largest absolute Gasteiger partial charge is 0.484 e. The van der Waals surface area contributed by atoms with Gasteiger partial charge in [0, 0.05) is 17.5 Å². The lowest BCUT2D eigenvalue weighted by molar-refractivity contribution is 0.270. The van der Waals surface area contributed by atoms with Crippen LogP contribution in [0.5, 0.6) is 5.75 Å². The summed E-state index contributed by atoms with van der Waals surface area (Å²) in [5.74, 6) is 1.48. The first-order chi connectivity index (χ1) is 9.35. The van der Waals surface area contributed by atoms with Crippen molar-refractivity contribution < 1.29 is 9.15 Å². The van der Waals surface area contributed by atoms with Gasteiger partial charge in [0.15, 0.2) is 0 Å². The summed E-state index contributed by atoms with van der Waals surface area (Å²) >= 11 is 0. The van der Waals surface area contributed by atoms with Crippen molar-refractivity contribution in [1.82, 2.24) is 4.98 Å². The van der Waals surface area contributed by atoms with Gasteiger partial charge in [-0.3, -0.25) is 4.98 Å². The summed E-state index contributed by atoms with van der Waals surface area (Å²) in [4.78, 5) is 4.34. The molecule has 4 nitrogen and oxygen atoms in total. The Morgan fingerprint density at radius 1 is 1.21 bits per heavy atom. The van der Waals surface area contributed by atoms with E-state index in [1.54, 1.807) is 12.5 Å². The second-order valence-corrected chi connectivity index (χ2v) is 4.28. The van der Waals surface area contributed by atoms with E-state index in [0.29, 0.717) is 13.2 Å². The predicted octanol–water partition coefficient (Wildman–Crippen LogP) is 2.87. The molecule has 0 saturated carbocycles. The third-order valence-electron chi connectivity index (χ3n) is 2.89. The summed E-state index contributed by atoms with van der Waals surface area (Å²) in [6, 6.07) is 11.8. The summed E-state index contributed by atoms with van der Waals surface area (Å²) in [5, 5.41) is 1.06. The highest BCUT2D eigenvalue weighted by Crippen LogP contribution is 2.19. The molecule has 0 spiro atoms. The predicted molar refractivity (Wildman–Crippen MR) is 72.7 cm³/mol. The standard InChI is InChI=1S/C15H14N2O2/c16-7-11-5-14(18-9-11)10-19-13-6-12-3-1-2-4-15(12)17-8-13/h1-6,8-9H,7,10,16H2. The van der Waals surface area contributed by atoms with E-state index in [2.05, 4.69) is 4.98 Å². The molecule has 2 heterocycles. The summed E-state index contributed by atoms with van der Waals surface area (Å²) in [6.07, 6.45) is 3.37. The Morgan fingerprint density at radius 3 is 2.95 bits per heavy atom. The summed E-state index contributed by atoms with van der Waals surface area (Å²) < 4.78 is 11.0. The zero-order chi connectivity index (χ0) is 13.1. The molecule has 0 fully saturated rings. The molecule has 0 unspecified atom stereocenters. The van der Waals surface area contributed by atoms with Crippen LogP contribution in [-0.2, 0) is 13.2 Å². The number of hydrogen-bond donors (Lipinski definition) is 1. The maximum Gasteiger partial charge on any atom is 0.146 e. The molecule has 96 valence electrons. The highest BCUT2D eigenvalue weighted by atomic mass is 16.5. The normalized spacial score (nSPS) is 10.8. The van der Waals surface area contributed by atoms with Crippen molar-refractivity contribution in [3.8, 4) is 5.75 Å². The van der Waals surface area contributed by atoms with Gasteiger partial charge in [-0.05, 0) is 18.2 Å². The number of aromatic nitrogens is 1. The van der Waals surface area contributed by atoms with Crippen LogP contribution in [0.3, 0.4) is 0 Å². The molecule has 0 saturated heterocycles. The first-order valence-electron chi connectivity index (χ1n) is 6.09. The first kappa shape index (κ1) is 11.7. The number of nitrogens with zero attached hydrogens (tertiary/aromatic N) is 1. The Kier molecular flexibility index (Phi) is 3.16. The maximum absolute atomic E-state index is 5.66. The highest BCUT2D eigenvalue weighted by Gasteiger charge is 2.03. The van der Waals surface area contributed by atoms with Crippen LogP contribution in [-0.4, -0.2) is 4.98 Å². The number of rotatable bonds is 4. The van der Waals surface area contributed by atoms with E-state index in [0.717, 1.165) is 28.0 Å². The monoisotopic (exact) mass is 254 g/mol. The molecule has 0 aliphatic rings. The van der Waals surface area contributed by atoms with Gasteiger partial charge in [0.25, 0.3) is 0 Å². The average molecular weight is 254 g/mol. The molecule has 4 heteroatoms. The molecule has 0 amide bonds. The van der Waals surface area contributed by atoms with E-state index >= 15 is 0 Å². The van der Waals surface area contributed by atoms with Gasteiger partial charge < -0.3 is 14.9 Å². The van der Waals surface area contributed by atoms with Crippen molar-refractivity contribution in [2.75, 3.05) is 0 Å². The van der Waals surface area contributed by atoms with Crippen molar-refractivity contribution >= 4 is 10.9 Å². The summed E-state index contributed by atoms with van der Waals surface area (Å²) in [6.45, 7) is 0.848. The topological polar surface area (TPSA) is 61.3 Å². The van der Waals surface area contributed by atoms with E-state index in [-0.39, 0.29) is 0 Å². The molecule has 19 heavy (non-hydrogen) atoms. The lowest BCUT2D eigenvalue weighted by Gasteiger charge is -2.04. The SMILES string of the molecule is NCc1coc(COc2cnc3ccccc3c2)c1. The molecule has 2 aromatic heterocycles. The number of pyridine rings is 1. The van der Waals surface area contributed by atoms with Crippen LogP contribution in [0.25, 0.3) is 10.9 Å². The van der Waals surface area contributed by atoms with Crippen LogP contribution in [0.2, 0.25) is 0 Å². The molecule has 0 bridgehead atoms. The Hall–Kier alpha value is -2.33. The number of fused-ring (bicyclic) bond motifs is 1. The smallest absolute Gasteiger partial charge is 0.146 e. The van der Waals surface area contributed by atoms with E-state index in [4.69, 9.17) is 14.9 Å². The maximum atomic E-state index is 5.66. The van der Waals surface area contributed by atoms with Crippen LogP contribution >= 0.6 is 0 Å². The second kappa shape index (κ2) is 5.12. The minimum Gasteiger partial charge on any atom is -0.484 e. The lowest BCUT2D eigenvalue weighted by Crippen LogP contribution is -1.95. The first-order valence-corrected chi connectivity index (χ1v) is 6.09. The van der Waals surface area contributed by atoms with Crippen molar-refractivity contribution in [3.63, 3.8) is 0 Å². The van der Waals surface area contributed by atoms with Crippen LogP contribution in [0.4, 0.5) is 0 Å². The van der Waals surface area contributed by atoms with E-state index in [9.17, 15) is 0 Å². The summed E-state index contributed by atoms with van der Waals surface area (Å²) in [7, 11) is 0. The van der Waals surface area contributed by atoms with Crippen LogP contribution in [0.1, 0.15) is 11.3 Å². The summed E-state index contributed by atoms with van der Waals surface area (Å²) in [5.41, 5.74) is 7.45. The van der Waals surface area contributed by atoms with Crippen molar-refractivity contribution in [2.24, 2.45) is 5.73 Å². The van der Waals surface area contributed by atoms with Gasteiger partial charge in [0.1, 0.15) is 18.1 Å². The number of para-hydroxylation sites is 1. The zero-order valence-corrected chi connectivity index (χ0v) is 10.4. The van der Waals surface area contributed by atoms with Gasteiger partial charge in [-0.1, -0.05) is 18.2 Å². The van der Waals surface area contributed by atoms with Crippen molar-refractivity contribution in [1.29, 1.82) is 0 Å². The van der Waals surface area contributed by atoms with E-state index in [1.165, 1.54) is 0 Å². The van der Waals surface area contributed by atoms with Crippen molar-refractivity contribution in [3.05, 3.63) is 60.2 Å². The number of hydrogen-bond acceptors (Lipinski definition) is 4. The minimum atomic E-state index is 0.375. The molecule has 2 N–H and O–H groups in total. The molecule has 0 aliphatic heterocycles. The van der Waals surface area contributed by atoms with Gasteiger partial charge in [-0.25, -0.2) is 0 Å². The average Bonchev–Trinajstić information content (AvgIpc) is 2.93. The van der Waals surface area contributed by atoms with E-state index in [1.807, 2.05) is 36.4 Å². The number of benzene rings is 1.